The average Bonchev–Trinajstić information content (AvgIpc) is 2.90. The summed E-state index contributed by atoms with van der Waals surface area (Å²) in [4.78, 5) is 12.0. The smallest absolute Gasteiger partial charge is 0.251 e. The fraction of sp³-hybridized carbons (Fsp3) is 0.0833. The molecule has 96 valence electrons. The third-order valence-electron chi connectivity index (χ3n) is 2.78. The van der Waals surface area contributed by atoms with Crippen molar-refractivity contribution in [3.63, 3.8) is 0 Å². The molecule has 0 radical (unpaired) electrons. The molecule has 19 heavy (non-hydrogen) atoms. The van der Waals surface area contributed by atoms with E-state index in [1.54, 1.807) is 10.6 Å². The molecule has 3 rings (SSSR count). The lowest BCUT2D eigenvalue weighted by Gasteiger charge is -2.07. The predicted molar refractivity (Wildman–Crippen MR) is 75.0 cm³/mol. The second-order valence-electron chi connectivity index (χ2n) is 3.96. The van der Waals surface area contributed by atoms with Gasteiger partial charge in [-0.3, -0.25) is 10.2 Å². The van der Waals surface area contributed by atoms with Gasteiger partial charge in [-0.2, -0.15) is 0 Å². The van der Waals surface area contributed by atoms with E-state index in [1.807, 2.05) is 30.3 Å². The summed E-state index contributed by atoms with van der Waals surface area (Å²) in [5.41, 5.74) is 3.27. The number of hydrogen-bond donors (Lipinski definition) is 2. The van der Waals surface area contributed by atoms with Crippen LogP contribution < -0.4 is 16.8 Å². The number of hydrogen-bond acceptors (Lipinski definition) is 6. The minimum atomic E-state index is -0.0591. The lowest BCUT2D eigenvalue weighted by molar-refractivity contribution is 0.775. The lowest BCUT2D eigenvalue weighted by atomic mass is 10.2. The molecule has 0 atom stereocenters. The molecule has 3 aromatic rings. The number of nitrogens with one attached hydrogen (secondary N) is 1. The number of nitrogen functional groups attached to an aromatic ring is 1. The Labute approximate surface area is 112 Å². The third-order valence-corrected chi connectivity index (χ3v) is 3.62. The summed E-state index contributed by atoms with van der Waals surface area (Å²) < 4.78 is 1.68. The molecule has 6 nitrogen and oxygen atoms in total. The maximum Gasteiger partial charge on any atom is 0.251 e. The van der Waals surface area contributed by atoms with Crippen LogP contribution in [-0.2, 0) is 6.54 Å². The molecule has 2 aromatic heterocycles. The van der Waals surface area contributed by atoms with Crippen LogP contribution in [-0.4, -0.2) is 14.8 Å². The van der Waals surface area contributed by atoms with Gasteiger partial charge in [0.2, 0.25) is 5.13 Å². The van der Waals surface area contributed by atoms with Crippen molar-refractivity contribution < 1.29 is 0 Å². The van der Waals surface area contributed by atoms with E-state index in [1.165, 1.54) is 11.3 Å². The molecular weight excluding hydrogens is 262 g/mol. The summed E-state index contributed by atoms with van der Waals surface area (Å²) in [5.74, 6) is 5.27. The van der Waals surface area contributed by atoms with Crippen molar-refractivity contribution >= 4 is 27.4 Å². The van der Waals surface area contributed by atoms with Crippen molar-refractivity contribution in [2.75, 3.05) is 5.43 Å². The number of anilines is 1. The molecule has 1 aromatic carbocycles. The maximum absolute atomic E-state index is 12.0. The van der Waals surface area contributed by atoms with Crippen molar-refractivity contribution in [2.24, 2.45) is 5.84 Å². The lowest BCUT2D eigenvalue weighted by Crippen LogP contribution is -2.19. The van der Waals surface area contributed by atoms with Crippen molar-refractivity contribution in [3.05, 3.63) is 51.8 Å². The number of benzene rings is 1. The summed E-state index contributed by atoms with van der Waals surface area (Å²) >= 11 is 1.33. The average molecular weight is 273 g/mol. The Balaban J connectivity index is 2.09. The number of hydrazine groups is 1. The van der Waals surface area contributed by atoms with E-state index in [0.717, 1.165) is 15.9 Å². The van der Waals surface area contributed by atoms with Crippen molar-refractivity contribution in [3.8, 4) is 0 Å². The van der Waals surface area contributed by atoms with Crippen molar-refractivity contribution in [1.29, 1.82) is 0 Å². The van der Waals surface area contributed by atoms with Crippen LogP contribution in [0.1, 0.15) is 5.01 Å². The zero-order chi connectivity index (χ0) is 13.2. The molecule has 3 N–H and O–H groups in total. The molecule has 0 amide bonds. The van der Waals surface area contributed by atoms with Gasteiger partial charge in [0.15, 0.2) is 0 Å². The summed E-state index contributed by atoms with van der Waals surface area (Å²) in [5, 5.41) is 10.1. The highest BCUT2D eigenvalue weighted by molar-refractivity contribution is 7.15. The minimum absolute atomic E-state index is 0.0591. The van der Waals surface area contributed by atoms with E-state index >= 15 is 0 Å². The molecule has 0 spiro atoms. The van der Waals surface area contributed by atoms with E-state index in [9.17, 15) is 4.79 Å². The molecule has 0 aliphatic carbocycles. The van der Waals surface area contributed by atoms with Gasteiger partial charge in [0, 0.05) is 6.07 Å². The number of nitrogens with zero attached hydrogens (tertiary/aromatic N) is 3. The molecule has 7 heteroatoms. The first-order valence-electron chi connectivity index (χ1n) is 5.65. The second kappa shape index (κ2) is 4.79. The Morgan fingerprint density at radius 3 is 2.84 bits per heavy atom. The van der Waals surface area contributed by atoms with Gasteiger partial charge < -0.3 is 4.57 Å². The molecular formula is C12H11N5OS. The first kappa shape index (κ1) is 11.8. The summed E-state index contributed by atoms with van der Waals surface area (Å²) in [6, 6.07) is 11.1. The van der Waals surface area contributed by atoms with Gasteiger partial charge in [0.1, 0.15) is 5.01 Å². The molecule has 2 heterocycles. The zero-order valence-corrected chi connectivity index (χ0v) is 10.7. The van der Waals surface area contributed by atoms with Gasteiger partial charge in [0.05, 0.1) is 12.1 Å². The highest BCUT2D eigenvalue weighted by Crippen LogP contribution is 2.17. The minimum Gasteiger partial charge on any atom is -0.301 e. The number of nitrogens with two attached hydrogens (primary N) is 1. The van der Waals surface area contributed by atoms with Crippen LogP contribution in [0.15, 0.2) is 41.2 Å². The molecule has 0 saturated heterocycles. The highest BCUT2D eigenvalue weighted by Gasteiger charge is 2.07. The number of rotatable bonds is 3. The van der Waals surface area contributed by atoms with E-state index < -0.39 is 0 Å². The SMILES string of the molecule is NNc1nnc(Cn2c(=O)ccc3ccccc32)s1. The van der Waals surface area contributed by atoms with E-state index in [0.29, 0.717) is 11.7 Å². The van der Waals surface area contributed by atoms with Crippen LogP contribution >= 0.6 is 11.3 Å². The van der Waals surface area contributed by atoms with Gasteiger partial charge in [-0.15, -0.1) is 10.2 Å². The Bertz CT molecular complexity index is 779. The second-order valence-corrected chi connectivity index (χ2v) is 5.02. The Morgan fingerprint density at radius 2 is 2.05 bits per heavy atom. The monoisotopic (exact) mass is 273 g/mol. The van der Waals surface area contributed by atoms with Crippen LogP contribution in [0.4, 0.5) is 5.13 Å². The number of fused-ring (bicyclic) bond motifs is 1. The van der Waals surface area contributed by atoms with Gasteiger partial charge in [-0.05, 0) is 17.5 Å². The molecule has 0 aliphatic rings. The van der Waals surface area contributed by atoms with E-state index in [-0.39, 0.29) is 5.56 Å². The molecule has 0 fully saturated rings. The van der Waals surface area contributed by atoms with Crippen LogP contribution in [0.2, 0.25) is 0 Å². The Morgan fingerprint density at radius 1 is 1.21 bits per heavy atom. The van der Waals surface area contributed by atoms with Crippen LogP contribution in [0.5, 0.6) is 0 Å². The standard InChI is InChI=1S/C12H11N5OS/c13-14-12-16-15-10(19-12)7-17-9-4-2-1-3-8(9)5-6-11(17)18/h1-6H,7,13H2,(H,14,16). The Kier molecular flexibility index (Phi) is 2.98. The van der Waals surface area contributed by atoms with Crippen LogP contribution in [0.3, 0.4) is 0 Å². The largest absolute Gasteiger partial charge is 0.301 e. The van der Waals surface area contributed by atoms with E-state index in [2.05, 4.69) is 15.6 Å². The summed E-state index contributed by atoms with van der Waals surface area (Å²) in [6.45, 7) is 0.388. The summed E-state index contributed by atoms with van der Waals surface area (Å²) in [7, 11) is 0. The van der Waals surface area contributed by atoms with Crippen LogP contribution in [0.25, 0.3) is 10.9 Å². The first-order chi connectivity index (χ1) is 9.28. The first-order valence-corrected chi connectivity index (χ1v) is 6.47. The van der Waals surface area contributed by atoms with Crippen LogP contribution in [0, 0.1) is 0 Å². The fourth-order valence-corrected chi connectivity index (χ4v) is 2.56. The number of pyridine rings is 1. The highest BCUT2D eigenvalue weighted by atomic mass is 32.1. The van der Waals surface area contributed by atoms with Gasteiger partial charge >= 0.3 is 0 Å². The molecule has 0 aliphatic heterocycles. The molecule has 0 bridgehead atoms. The zero-order valence-electron chi connectivity index (χ0n) is 9.91. The van der Waals surface area contributed by atoms with Gasteiger partial charge in [0.25, 0.3) is 5.56 Å². The number of para-hydroxylation sites is 1. The third kappa shape index (κ3) is 2.20. The maximum atomic E-state index is 12.0. The van der Waals surface area contributed by atoms with Gasteiger partial charge in [-0.1, -0.05) is 29.5 Å². The fourth-order valence-electron chi connectivity index (χ4n) is 1.92. The Hall–Kier alpha value is -2.25. The molecule has 0 unspecified atom stereocenters. The van der Waals surface area contributed by atoms with Crippen molar-refractivity contribution in [2.45, 2.75) is 6.54 Å². The van der Waals surface area contributed by atoms with E-state index in [4.69, 9.17) is 5.84 Å². The summed E-state index contributed by atoms with van der Waals surface area (Å²) in [6.07, 6.45) is 0. The topological polar surface area (TPSA) is 85.8 Å². The predicted octanol–water partition coefficient (Wildman–Crippen LogP) is 1.19. The van der Waals surface area contributed by atoms with Crippen molar-refractivity contribution in [1.82, 2.24) is 14.8 Å². The number of aromatic nitrogens is 3. The normalized spacial score (nSPS) is 10.8. The van der Waals surface area contributed by atoms with Gasteiger partial charge in [-0.25, -0.2) is 5.84 Å². The quantitative estimate of drug-likeness (QED) is 0.553. The molecule has 0 saturated carbocycles.